The van der Waals surface area contributed by atoms with Crippen molar-refractivity contribution in [1.82, 2.24) is 19.3 Å². The van der Waals surface area contributed by atoms with Crippen molar-refractivity contribution in [3.05, 3.63) is 89.5 Å². The third kappa shape index (κ3) is 4.59. The number of hydrogen-bond acceptors (Lipinski definition) is 5. The van der Waals surface area contributed by atoms with Crippen LogP contribution in [0.2, 0.25) is 5.02 Å². The van der Waals surface area contributed by atoms with Crippen LogP contribution >= 0.6 is 23.4 Å². The van der Waals surface area contributed by atoms with Gasteiger partial charge in [0.25, 0.3) is 5.91 Å². The summed E-state index contributed by atoms with van der Waals surface area (Å²) >= 11 is 7.64. The summed E-state index contributed by atoms with van der Waals surface area (Å²) in [7, 11) is 0. The quantitative estimate of drug-likeness (QED) is 0.404. The predicted octanol–water partition coefficient (Wildman–Crippen LogP) is 4.64. The van der Waals surface area contributed by atoms with Gasteiger partial charge in [-0.25, -0.2) is 9.97 Å². The number of hydrogen-bond donors (Lipinski definition) is 0. The lowest BCUT2D eigenvalue weighted by Crippen LogP contribution is -2.49. The maximum absolute atomic E-state index is 12.9. The van der Waals surface area contributed by atoms with Gasteiger partial charge < -0.3 is 14.2 Å². The molecule has 0 saturated carbocycles. The molecule has 5 rings (SSSR count). The third-order valence-electron chi connectivity index (χ3n) is 5.50. The van der Waals surface area contributed by atoms with Crippen molar-refractivity contribution in [2.75, 3.05) is 31.1 Å². The van der Waals surface area contributed by atoms with E-state index in [1.54, 1.807) is 18.0 Å². The fourth-order valence-electron chi connectivity index (χ4n) is 3.78. The number of carbonyl (C=O) groups is 1. The number of nitrogens with zero attached hydrogens (tertiary/aromatic N) is 5. The van der Waals surface area contributed by atoms with E-state index >= 15 is 0 Å². The fourth-order valence-corrected chi connectivity index (χ4v) is 4.68. The van der Waals surface area contributed by atoms with Crippen LogP contribution in [-0.4, -0.2) is 51.4 Å². The van der Waals surface area contributed by atoms with Crippen molar-refractivity contribution in [3.8, 4) is 0 Å². The summed E-state index contributed by atoms with van der Waals surface area (Å²) in [6.45, 7) is 2.86. The van der Waals surface area contributed by atoms with E-state index < -0.39 is 0 Å². The van der Waals surface area contributed by atoms with E-state index in [9.17, 15) is 4.79 Å². The van der Waals surface area contributed by atoms with Gasteiger partial charge >= 0.3 is 0 Å². The number of aromatic nitrogens is 3. The van der Waals surface area contributed by atoms with Crippen LogP contribution in [0.3, 0.4) is 0 Å². The molecule has 1 fully saturated rings. The summed E-state index contributed by atoms with van der Waals surface area (Å²) < 4.78 is 2.03. The van der Waals surface area contributed by atoms with Gasteiger partial charge in [0.15, 0.2) is 0 Å². The number of fused-ring (bicyclic) bond motifs is 1. The van der Waals surface area contributed by atoms with Gasteiger partial charge in [-0.2, -0.15) is 0 Å². The maximum atomic E-state index is 12.9. The standard InChI is InChI=1S/C24H22ClN5OS/c25-19-6-9-22(26-15-19)28-11-13-29(14-12-28)24(31)18-4-7-21(8-5-18)32-17-20-16-30-10-2-1-3-23(30)27-20/h1-10,15-16H,11-14,17H2. The Morgan fingerprint density at radius 3 is 2.53 bits per heavy atom. The first-order valence-corrected chi connectivity index (χ1v) is 11.8. The molecule has 0 bridgehead atoms. The number of anilines is 1. The van der Waals surface area contributed by atoms with E-state index in [1.165, 1.54) is 0 Å². The first kappa shape index (κ1) is 20.8. The van der Waals surface area contributed by atoms with Crippen LogP contribution in [-0.2, 0) is 5.75 Å². The molecule has 1 aromatic carbocycles. The topological polar surface area (TPSA) is 53.7 Å². The minimum absolute atomic E-state index is 0.0746. The first-order valence-electron chi connectivity index (χ1n) is 10.5. The molecule has 0 atom stereocenters. The number of halogens is 1. The van der Waals surface area contributed by atoms with E-state index in [-0.39, 0.29) is 5.91 Å². The highest BCUT2D eigenvalue weighted by molar-refractivity contribution is 7.98. The normalized spacial score (nSPS) is 14.2. The zero-order chi connectivity index (χ0) is 21.9. The minimum Gasteiger partial charge on any atom is -0.353 e. The summed E-state index contributed by atoms with van der Waals surface area (Å²) in [5.74, 6) is 1.76. The molecule has 0 N–H and O–H groups in total. The molecule has 32 heavy (non-hydrogen) atoms. The Labute approximate surface area is 195 Å². The molecule has 1 aliphatic rings. The van der Waals surface area contributed by atoms with E-state index in [0.29, 0.717) is 18.1 Å². The van der Waals surface area contributed by atoms with Crippen molar-refractivity contribution in [2.24, 2.45) is 0 Å². The van der Waals surface area contributed by atoms with Gasteiger partial charge in [0.1, 0.15) is 11.5 Å². The number of carbonyl (C=O) groups excluding carboxylic acids is 1. The van der Waals surface area contributed by atoms with Crippen LogP contribution in [0, 0.1) is 0 Å². The second-order valence-electron chi connectivity index (χ2n) is 7.63. The molecular weight excluding hydrogens is 442 g/mol. The SMILES string of the molecule is O=C(c1ccc(SCc2cn3ccccc3n2)cc1)N1CCN(c2ccc(Cl)cn2)CC1. The summed E-state index contributed by atoms with van der Waals surface area (Å²) in [6.07, 6.45) is 5.71. The lowest BCUT2D eigenvalue weighted by molar-refractivity contribution is 0.0746. The smallest absolute Gasteiger partial charge is 0.253 e. The number of benzene rings is 1. The summed E-state index contributed by atoms with van der Waals surface area (Å²) in [5.41, 5.74) is 2.71. The summed E-state index contributed by atoms with van der Waals surface area (Å²) in [6, 6.07) is 17.6. The van der Waals surface area contributed by atoms with E-state index in [1.807, 2.05) is 70.1 Å². The van der Waals surface area contributed by atoms with Crippen molar-refractivity contribution in [3.63, 3.8) is 0 Å². The Morgan fingerprint density at radius 1 is 1.00 bits per heavy atom. The van der Waals surface area contributed by atoms with Gasteiger partial charge in [-0.3, -0.25) is 4.79 Å². The average Bonchev–Trinajstić information content (AvgIpc) is 3.26. The molecule has 1 amide bonds. The lowest BCUT2D eigenvalue weighted by atomic mass is 10.2. The molecule has 4 heterocycles. The zero-order valence-corrected chi connectivity index (χ0v) is 19.0. The highest BCUT2D eigenvalue weighted by Gasteiger charge is 2.22. The summed E-state index contributed by atoms with van der Waals surface area (Å²) in [5, 5.41) is 0.627. The Morgan fingerprint density at radius 2 is 1.81 bits per heavy atom. The molecule has 1 saturated heterocycles. The van der Waals surface area contributed by atoms with Crippen LogP contribution in [0.1, 0.15) is 16.1 Å². The second kappa shape index (κ2) is 9.22. The van der Waals surface area contributed by atoms with Gasteiger partial charge in [0.2, 0.25) is 0 Å². The number of imidazole rings is 1. The predicted molar refractivity (Wildman–Crippen MR) is 129 cm³/mol. The highest BCUT2D eigenvalue weighted by atomic mass is 35.5. The monoisotopic (exact) mass is 463 g/mol. The third-order valence-corrected chi connectivity index (χ3v) is 6.77. The van der Waals surface area contributed by atoms with Gasteiger partial charge in [-0.05, 0) is 48.5 Å². The van der Waals surface area contributed by atoms with Crippen molar-refractivity contribution >= 4 is 40.7 Å². The van der Waals surface area contributed by atoms with Crippen LogP contribution in [0.4, 0.5) is 5.82 Å². The molecule has 6 nitrogen and oxygen atoms in total. The molecule has 0 spiro atoms. The molecule has 8 heteroatoms. The number of amides is 1. The Kier molecular flexibility index (Phi) is 6.01. The van der Waals surface area contributed by atoms with Crippen LogP contribution < -0.4 is 4.90 Å². The Balaban J connectivity index is 1.16. The van der Waals surface area contributed by atoms with E-state index in [4.69, 9.17) is 11.6 Å². The first-order chi connectivity index (χ1) is 15.7. The molecule has 0 radical (unpaired) electrons. The minimum atomic E-state index is 0.0746. The lowest BCUT2D eigenvalue weighted by Gasteiger charge is -2.35. The van der Waals surface area contributed by atoms with E-state index in [2.05, 4.69) is 21.1 Å². The summed E-state index contributed by atoms with van der Waals surface area (Å²) in [4.78, 5) is 27.1. The van der Waals surface area contributed by atoms with Gasteiger partial charge in [0.05, 0.1) is 10.7 Å². The molecule has 0 unspecified atom stereocenters. The van der Waals surface area contributed by atoms with Crippen molar-refractivity contribution < 1.29 is 4.79 Å². The Bertz CT molecular complexity index is 1180. The van der Waals surface area contributed by atoms with Crippen LogP contribution in [0.15, 0.2) is 78.1 Å². The largest absolute Gasteiger partial charge is 0.353 e. The fraction of sp³-hybridized carbons (Fsp3) is 0.208. The van der Waals surface area contributed by atoms with Crippen molar-refractivity contribution in [1.29, 1.82) is 0 Å². The number of thioether (sulfide) groups is 1. The molecule has 3 aromatic heterocycles. The van der Waals surface area contributed by atoms with Crippen LogP contribution in [0.5, 0.6) is 0 Å². The number of rotatable bonds is 5. The number of pyridine rings is 2. The molecule has 4 aromatic rings. The molecular formula is C24H22ClN5OS. The van der Waals surface area contributed by atoms with Crippen molar-refractivity contribution in [2.45, 2.75) is 10.6 Å². The number of piperazine rings is 1. The van der Waals surface area contributed by atoms with E-state index in [0.717, 1.165) is 46.5 Å². The highest BCUT2D eigenvalue weighted by Crippen LogP contribution is 2.24. The molecule has 1 aliphatic heterocycles. The zero-order valence-electron chi connectivity index (χ0n) is 17.4. The average molecular weight is 464 g/mol. The molecule has 162 valence electrons. The van der Waals surface area contributed by atoms with Gasteiger partial charge in [0, 0.05) is 61.0 Å². The Hall–Kier alpha value is -3.03. The molecule has 0 aliphatic carbocycles. The maximum Gasteiger partial charge on any atom is 0.253 e. The van der Waals surface area contributed by atoms with Gasteiger partial charge in [-0.15, -0.1) is 11.8 Å². The second-order valence-corrected chi connectivity index (χ2v) is 9.11. The van der Waals surface area contributed by atoms with Crippen LogP contribution in [0.25, 0.3) is 5.65 Å². The van der Waals surface area contributed by atoms with Gasteiger partial charge in [-0.1, -0.05) is 17.7 Å².